The molecule has 0 spiro atoms. The van der Waals surface area contributed by atoms with E-state index in [1.165, 1.54) is 6.07 Å². The second-order valence-corrected chi connectivity index (χ2v) is 6.32. The van der Waals surface area contributed by atoms with Gasteiger partial charge >= 0.3 is 0 Å². The highest BCUT2D eigenvalue weighted by Gasteiger charge is 2.16. The minimum atomic E-state index is -0.129. The number of aryl methyl sites for hydroxylation is 1. The molecule has 4 aromatic rings. The third-order valence-electron chi connectivity index (χ3n) is 4.65. The SMILES string of the molecule is COc1ccc(-c2c(C)oc3cc(O)c(-c4ccccc4)cc3c2=O)cc1. The van der Waals surface area contributed by atoms with Gasteiger partial charge in [0, 0.05) is 11.6 Å². The van der Waals surface area contributed by atoms with Crippen LogP contribution in [0.4, 0.5) is 0 Å². The zero-order valence-corrected chi connectivity index (χ0v) is 15.0. The molecule has 4 rings (SSSR count). The Morgan fingerprint density at radius 3 is 2.30 bits per heavy atom. The lowest BCUT2D eigenvalue weighted by Crippen LogP contribution is -2.07. The molecule has 0 unspecified atom stereocenters. The normalized spacial score (nSPS) is 10.9. The topological polar surface area (TPSA) is 59.7 Å². The Hall–Kier alpha value is -3.53. The smallest absolute Gasteiger partial charge is 0.200 e. The molecule has 0 saturated heterocycles. The molecule has 1 aromatic heterocycles. The van der Waals surface area contributed by atoms with Crippen LogP contribution in [0.1, 0.15) is 5.76 Å². The van der Waals surface area contributed by atoms with Crippen molar-refractivity contribution >= 4 is 11.0 Å². The molecular formula is C23H18O4. The number of benzene rings is 3. The standard InChI is InChI=1S/C23H18O4/c1-14-22(16-8-10-17(26-2)11-9-16)23(25)19-12-18(15-6-4-3-5-7-15)20(24)13-21(19)27-14/h3-13,24H,1-2H3. The predicted molar refractivity (Wildman–Crippen MR) is 106 cm³/mol. The summed E-state index contributed by atoms with van der Waals surface area (Å²) < 4.78 is 11.0. The Bertz CT molecular complexity index is 1170. The number of ether oxygens (including phenoxy) is 1. The van der Waals surface area contributed by atoms with Gasteiger partial charge in [-0.05, 0) is 36.2 Å². The summed E-state index contributed by atoms with van der Waals surface area (Å²) in [6, 6.07) is 19.9. The Morgan fingerprint density at radius 2 is 1.63 bits per heavy atom. The van der Waals surface area contributed by atoms with Crippen LogP contribution in [0.25, 0.3) is 33.2 Å². The van der Waals surface area contributed by atoms with E-state index in [4.69, 9.17) is 9.15 Å². The molecule has 4 nitrogen and oxygen atoms in total. The minimum absolute atomic E-state index is 0.0773. The molecule has 0 amide bonds. The van der Waals surface area contributed by atoms with Crippen molar-refractivity contribution in [2.45, 2.75) is 6.92 Å². The van der Waals surface area contributed by atoms with Gasteiger partial charge in [0.1, 0.15) is 22.8 Å². The van der Waals surface area contributed by atoms with Gasteiger partial charge in [0.15, 0.2) is 0 Å². The van der Waals surface area contributed by atoms with Gasteiger partial charge in [-0.2, -0.15) is 0 Å². The quantitative estimate of drug-likeness (QED) is 0.550. The predicted octanol–water partition coefficient (Wildman–Crippen LogP) is 5.15. The summed E-state index contributed by atoms with van der Waals surface area (Å²) in [4.78, 5) is 13.2. The lowest BCUT2D eigenvalue weighted by molar-refractivity contribution is 0.415. The van der Waals surface area contributed by atoms with E-state index >= 15 is 0 Å². The number of phenols is 1. The Labute approximate surface area is 156 Å². The minimum Gasteiger partial charge on any atom is -0.507 e. The van der Waals surface area contributed by atoms with E-state index in [1.54, 1.807) is 20.1 Å². The van der Waals surface area contributed by atoms with E-state index in [1.807, 2.05) is 54.6 Å². The summed E-state index contributed by atoms with van der Waals surface area (Å²) in [7, 11) is 1.60. The van der Waals surface area contributed by atoms with E-state index in [0.29, 0.717) is 27.9 Å². The zero-order valence-electron chi connectivity index (χ0n) is 15.0. The Morgan fingerprint density at radius 1 is 0.926 bits per heavy atom. The summed E-state index contributed by atoms with van der Waals surface area (Å²) in [6.45, 7) is 1.75. The maximum atomic E-state index is 13.2. The van der Waals surface area contributed by atoms with Crippen molar-refractivity contribution in [1.29, 1.82) is 0 Å². The molecule has 0 aliphatic heterocycles. The van der Waals surface area contributed by atoms with Gasteiger partial charge in [0.2, 0.25) is 5.43 Å². The van der Waals surface area contributed by atoms with E-state index in [9.17, 15) is 9.90 Å². The fourth-order valence-corrected chi connectivity index (χ4v) is 3.28. The summed E-state index contributed by atoms with van der Waals surface area (Å²) in [6.07, 6.45) is 0. The van der Waals surface area contributed by atoms with Crippen LogP contribution in [0.15, 0.2) is 75.9 Å². The Balaban J connectivity index is 1.96. The van der Waals surface area contributed by atoms with Crippen molar-refractivity contribution in [3.63, 3.8) is 0 Å². The number of fused-ring (bicyclic) bond motifs is 1. The Kier molecular flexibility index (Phi) is 4.16. The van der Waals surface area contributed by atoms with E-state index < -0.39 is 0 Å². The van der Waals surface area contributed by atoms with Gasteiger partial charge < -0.3 is 14.3 Å². The average Bonchev–Trinajstić information content (AvgIpc) is 2.69. The highest BCUT2D eigenvalue weighted by atomic mass is 16.5. The first-order chi connectivity index (χ1) is 13.1. The van der Waals surface area contributed by atoms with E-state index in [0.717, 1.165) is 16.9 Å². The van der Waals surface area contributed by atoms with E-state index in [-0.39, 0.29) is 11.2 Å². The molecule has 0 radical (unpaired) electrons. The van der Waals surface area contributed by atoms with Crippen molar-refractivity contribution in [3.8, 4) is 33.8 Å². The van der Waals surface area contributed by atoms with Crippen LogP contribution >= 0.6 is 0 Å². The second-order valence-electron chi connectivity index (χ2n) is 6.32. The fourth-order valence-electron chi connectivity index (χ4n) is 3.28. The lowest BCUT2D eigenvalue weighted by atomic mass is 9.99. The van der Waals surface area contributed by atoms with Gasteiger partial charge in [-0.3, -0.25) is 4.79 Å². The third-order valence-corrected chi connectivity index (χ3v) is 4.65. The molecule has 27 heavy (non-hydrogen) atoms. The van der Waals surface area contributed by atoms with Crippen LogP contribution in [0.2, 0.25) is 0 Å². The van der Waals surface area contributed by atoms with Crippen molar-refractivity contribution in [2.24, 2.45) is 0 Å². The van der Waals surface area contributed by atoms with Crippen LogP contribution in [-0.4, -0.2) is 12.2 Å². The lowest BCUT2D eigenvalue weighted by Gasteiger charge is -2.10. The first-order valence-electron chi connectivity index (χ1n) is 8.59. The van der Waals surface area contributed by atoms with Crippen molar-refractivity contribution < 1.29 is 14.3 Å². The molecule has 1 N–H and O–H groups in total. The molecular weight excluding hydrogens is 340 g/mol. The molecule has 0 aliphatic carbocycles. The molecule has 0 aliphatic rings. The molecule has 0 fully saturated rings. The first-order valence-corrected chi connectivity index (χ1v) is 8.59. The monoisotopic (exact) mass is 358 g/mol. The molecule has 1 heterocycles. The number of hydrogen-bond acceptors (Lipinski definition) is 4. The highest BCUT2D eigenvalue weighted by Crippen LogP contribution is 2.34. The molecule has 134 valence electrons. The molecule has 0 saturated carbocycles. The summed E-state index contributed by atoms with van der Waals surface area (Å²) in [5.41, 5.74) is 2.94. The van der Waals surface area contributed by atoms with Gasteiger partial charge in [-0.1, -0.05) is 42.5 Å². The van der Waals surface area contributed by atoms with Crippen LogP contribution < -0.4 is 10.2 Å². The van der Waals surface area contributed by atoms with Crippen LogP contribution in [0.5, 0.6) is 11.5 Å². The number of phenolic OH excluding ortho intramolecular Hbond substituents is 1. The number of rotatable bonds is 3. The van der Waals surface area contributed by atoms with Crippen molar-refractivity contribution in [2.75, 3.05) is 7.11 Å². The van der Waals surface area contributed by atoms with Gasteiger partial charge in [-0.25, -0.2) is 0 Å². The van der Waals surface area contributed by atoms with Gasteiger partial charge in [0.05, 0.1) is 18.1 Å². The van der Waals surface area contributed by atoms with Crippen LogP contribution in [0, 0.1) is 6.92 Å². The van der Waals surface area contributed by atoms with Crippen LogP contribution in [-0.2, 0) is 0 Å². The summed E-state index contributed by atoms with van der Waals surface area (Å²) >= 11 is 0. The maximum Gasteiger partial charge on any atom is 0.200 e. The first kappa shape index (κ1) is 16.9. The van der Waals surface area contributed by atoms with Gasteiger partial charge in [0.25, 0.3) is 0 Å². The number of hydrogen-bond donors (Lipinski definition) is 1. The fraction of sp³-hybridized carbons (Fsp3) is 0.0870. The molecule has 0 atom stereocenters. The number of methoxy groups -OCH3 is 1. The summed E-state index contributed by atoms with van der Waals surface area (Å²) in [5, 5.41) is 10.8. The zero-order chi connectivity index (χ0) is 19.0. The largest absolute Gasteiger partial charge is 0.507 e. The van der Waals surface area contributed by atoms with E-state index in [2.05, 4.69) is 0 Å². The molecule has 0 bridgehead atoms. The molecule has 3 aromatic carbocycles. The summed E-state index contributed by atoms with van der Waals surface area (Å²) in [5.74, 6) is 1.30. The van der Waals surface area contributed by atoms with Crippen molar-refractivity contribution in [1.82, 2.24) is 0 Å². The maximum absolute atomic E-state index is 13.2. The van der Waals surface area contributed by atoms with Crippen molar-refractivity contribution in [3.05, 3.63) is 82.7 Å². The second kappa shape index (κ2) is 6.65. The highest BCUT2D eigenvalue weighted by molar-refractivity contribution is 5.89. The average molecular weight is 358 g/mol. The van der Waals surface area contributed by atoms with Crippen LogP contribution in [0.3, 0.4) is 0 Å². The number of aromatic hydroxyl groups is 1. The molecule has 4 heteroatoms. The van der Waals surface area contributed by atoms with Gasteiger partial charge in [-0.15, -0.1) is 0 Å². The third kappa shape index (κ3) is 2.95.